The summed E-state index contributed by atoms with van der Waals surface area (Å²) in [6.45, 7) is 3.58. The van der Waals surface area contributed by atoms with Crippen molar-refractivity contribution < 1.29 is 23.7 Å². The van der Waals surface area contributed by atoms with Crippen molar-refractivity contribution in [3.8, 4) is 0 Å². The Hall–Kier alpha value is -2.21. The highest BCUT2D eigenvalue weighted by Gasteiger charge is 2.22. The lowest BCUT2D eigenvalue weighted by atomic mass is 10.0. The van der Waals surface area contributed by atoms with Gasteiger partial charge in [0.15, 0.2) is 0 Å². The van der Waals surface area contributed by atoms with Crippen LogP contribution in [0.1, 0.15) is 24.5 Å². The number of benzene rings is 2. The van der Waals surface area contributed by atoms with Crippen LogP contribution in [0, 0.1) is 5.92 Å². The fourth-order valence-electron chi connectivity index (χ4n) is 2.58. The molecular weight excluding hydrogens is 344 g/mol. The Kier molecular flexibility index (Phi) is 9.55. The third-order valence-electron chi connectivity index (χ3n) is 4.20. The number of rotatable bonds is 12. The van der Waals surface area contributed by atoms with Crippen molar-refractivity contribution in [1.29, 1.82) is 0 Å². The first-order chi connectivity index (χ1) is 13.2. The van der Waals surface area contributed by atoms with E-state index in [4.69, 9.17) is 18.9 Å². The van der Waals surface area contributed by atoms with Crippen molar-refractivity contribution in [3.05, 3.63) is 71.8 Å². The first kappa shape index (κ1) is 21.1. The van der Waals surface area contributed by atoms with Crippen molar-refractivity contribution in [2.45, 2.75) is 32.7 Å². The summed E-state index contributed by atoms with van der Waals surface area (Å²) in [7, 11) is 1.38. The van der Waals surface area contributed by atoms with E-state index in [2.05, 4.69) is 0 Å². The molecule has 2 aromatic carbocycles. The molecule has 27 heavy (non-hydrogen) atoms. The quantitative estimate of drug-likeness (QED) is 0.321. The highest BCUT2D eigenvalue weighted by molar-refractivity contribution is 5.69. The maximum absolute atomic E-state index is 11.7. The Labute approximate surface area is 161 Å². The van der Waals surface area contributed by atoms with Gasteiger partial charge in [0.1, 0.15) is 6.79 Å². The van der Waals surface area contributed by atoms with Crippen LogP contribution in [0.5, 0.6) is 0 Å². The smallest absolute Gasteiger partial charge is 0.308 e. The van der Waals surface area contributed by atoms with Gasteiger partial charge in [0.05, 0.1) is 39.5 Å². The van der Waals surface area contributed by atoms with E-state index in [-0.39, 0.29) is 31.2 Å². The molecule has 0 heterocycles. The van der Waals surface area contributed by atoms with Gasteiger partial charge in [0, 0.05) is 5.92 Å². The molecule has 2 aromatic rings. The van der Waals surface area contributed by atoms with E-state index in [0.29, 0.717) is 19.8 Å². The molecular formula is C22H28O5. The second-order valence-corrected chi connectivity index (χ2v) is 6.42. The summed E-state index contributed by atoms with van der Waals surface area (Å²) in [6.07, 6.45) is -0.0922. The molecule has 146 valence electrons. The van der Waals surface area contributed by atoms with E-state index in [1.165, 1.54) is 7.11 Å². The number of ether oxygens (including phenoxy) is 4. The van der Waals surface area contributed by atoms with E-state index in [9.17, 15) is 4.79 Å². The summed E-state index contributed by atoms with van der Waals surface area (Å²) in [5.41, 5.74) is 2.16. The summed E-state index contributed by atoms with van der Waals surface area (Å²) in [5.74, 6) is -0.270. The Morgan fingerprint density at radius 1 is 0.889 bits per heavy atom. The van der Waals surface area contributed by atoms with Crippen molar-refractivity contribution in [3.63, 3.8) is 0 Å². The summed E-state index contributed by atoms with van der Waals surface area (Å²) >= 11 is 0. The molecule has 0 aliphatic heterocycles. The van der Waals surface area contributed by atoms with Crippen molar-refractivity contribution in [1.82, 2.24) is 0 Å². The standard InChI is InChI=1S/C22H28O5/c1-18(14-25-17-26-15-19-9-5-3-6-10-19)21(13-22(23)24-2)27-16-20-11-7-4-8-12-20/h3-12,18,21H,13-17H2,1-2H3/t18-,21-/m1/s1. The fourth-order valence-corrected chi connectivity index (χ4v) is 2.58. The van der Waals surface area contributed by atoms with Crippen LogP contribution in [0.25, 0.3) is 0 Å². The van der Waals surface area contributed by atoms with Crippen LogP contribution in [0.4, 0.5) is 0 Å². The van der Waals surface area contributed by atoms with E-state index in [0.717, 1.165) is 11.1 Å². The SMILES string of the molecule is COC(=O)C[C@@H](OCc1ccccc1)[C@H](C)COCOCc1ccccc1. The predicted molar refractivity (Wildman–Crippen MR) is 103 cm³/mol. The molecule has 0 aliphatic rings. The Morgan fingerprint density at radius 3 is 2.07 bits per heavy atom. The summed E-state index contributed by atoms with van der Waals surface area (Å²) < 4.78 is 21.9. The molecule has 0 aliphatic carbocycles. The molecule has 0 aromatic heterocycles. The van der Waals surface area contributed by atoms with E-state index in [1.54, 1.807) is 0 Å². The lowest BCUT2D eigenvalue weighted by molar-refractivity contribution is -0.147. The Morgan fingerprint density at radius 2 is 1.48 bits per heavy atom. The zero-order chi connectivity index (χ0) is 19.3. The second kappa shape index (κ2) is 12.2. The molecule has 2 rings (SSSR count). The molecule has 5 nitrogen and oxygen atoms in total. The predicted octanol–water partition coefficient (Wildman–Crippen LogP) is 3.96. The number of methoxy groups -OCH3 is 1. The van der Waals surface area contributed by atoms with Crippen LogP contribution in [-0.2, 0) is 37.0 Å². The average molecular weight is 372 g/mol. The van der Waals surface area contributed by atoms with E-state index in [1.807, 2.05) is 67.6 Å². The number of hydrogen-bond acceptors (Lipinski definition) is 5. The van der Waals surface area contributed by atoms with Crippen molar-refractivity contribution in [2.24, 2.45) is 5.92 Å². The average Bonchev–Trinajstić information content (AvgIpc) is 2.72. The third kappa shape index (κ3) is 8.35. The summed E-state index contributed by atoms with van der Waals surface area (Å²) in [4.78, 5) is 11.7. The van der Waals surface area contributed by atoms with Crippen molar-refractivity contribution in [2.75, 3.05) is 20.5 Å². The monoisotopic (exact) mass is 372 g/mol. The summed E-state index contributed by atoms with van der Waals surface area (Å²) in [5, 5.41) is 0. The van der Waals surface area contributed by atoms with Crippen LogP contribution in [0.3, 0.4) is 0 Å². The zero-order valence-electron chi connectivity index (χ0n) is 16.0. The van der Waals surface area contributed by atoms with Crippen LogP contribution in [0.15, 0.2) is 60.7 Å². The van der Waals surface area contributed by atoms with Gasteiger partial charge in [-0.1, -0.05) is 67.6 Å². The van der Waals surface area contributed by atoms with Crippen LogP contribution in [-0.4, -0.2) is 32.6 Å². The van der Waals surface area contributed by atoms with Gasteiger partial charge in [-0.25, -0.2) is 0 Å². The van der Waals surface area contributed by atoms with Crippen LogP contribution in [0.2, 0.25) is 0 Å². The van der Waals surface area contributed by atoms with Gasteiger partial charge in [-0.3, -0.25) is 4.79 Å². The van der Waals surface area contributed by atoms with Gasteiger partial charge in [0.25, 0.3) is 0 Å². The van der Waals surface area contributed by atoms with Crippen LogP contribution >= 0.6 is 0 Å². The maximum Gasteiger partial charge on any atom is 0.308 e. The third-order valence-corrected chi connectivity index (χ3v) is 4.20. The van der Waals surface area contributed by atoms with Gasteiger partial charge in [-0.05, 0) is 11.1 Å². The molecule has 0 saturated heterocycles. The molecule has 0 radical (unpaired) electrons. The minimum atomic E-state index is -0.291. The highest BCUT2D eigenvalue weighted by Crippen LogP contribution is 2.16. The topological polar surface area (TPSA) is 54.0 Å². The van der Waals surface area contributed by atoms with Crippen molar-refractivity contribution >= 4 is 5.97 Å². The first-order valence-corrected chi connectivity index (χ1v) is 9.10. The van der Waals surface area contributed by atoms with E-state index >= 15 is 0 Å². The molecule has 0 amide bonds. The molecule has 0 spiro atoms. The Bertz CT molecular complexity index is 644. The molecule has 0 N–H and O–H groups in total. The fraction of sp³-hybridized carbons (Fsp3) is 0.409. The normalized spacial score (nSPS) is 13.1. The van der Waals surface area contributed by atoms with Gasteiger partial charge in [-0.2, -0.15) is 0 Å². The highest BCUT2D eigenvalue weighted by atomic mass is 16.7. The number of carbonyl (C=O) groups excluding carboxylic acids is 1. The molecule has 2 atom stereocenters. The molecule has 0 fully saturated rings. The van der Waals surface area contributed by atoms with Gasteiger partial charge < -0.3 is 18.9 Å². The minimum Gasteiger partial charge on any atom is -0.469 e. The Balaban J connectivity index is 1.74. The first-order valence-electron chi connectivity index (χ1n) is 9.10. The van der Waals surface area contributed by atoms with Gasteiger partial charge >= 0.3 is 5.97 Å². The lowest BCUT2D eigenvalue weighted by Crippen LogP contribution is -2.29. The molecule has 5 heteroatoms. The van der Waals surface area contributed by atoms with Gasteiger partial charge in [0.2, 0.25) is 0 Å². The lowest BCUT2D eigenvalue weighted by Gasteiger charge is -2.23. The molecule has 0 unspecified atom stereocenters. The van der Waals surface area contributed by atoms with Gasteiger partial charge in [-0.15, -0.1) is 0 Å². The van der Waals surface area contributed by atoms with E-state index < -0.39 is 0 Å². The largest absolute Gasteiger partial charge is 0.469 e. The molecule has 0 bridgehead atoms. The number of hydrogen-bond donors (Lipinski definition) is 0. The number of carbonyl (C=O) groups is 1. The maximum atomic E-state index is 11.7. The second-order valence-electron chi connectivity index (χ2n) is 6.42. The van der Waals surface area contributed by atoms with Crippen LogP contribution < -0.4 is 0 Å². The number of esters is 1. The zero-order valence-corrected chi connectivity index (χ0v) is 16.0. The minimum absolute atomic E-state index is 0.0214. The summed E-state index contributed by atoms with van der Waals surface area (Å²) in [6, 6.07) is 19.8. The molecule has 0 saturated carbocycles.